The highest BCUT2D eigenvalue weighted by Gasteiger charge is 2.01. The van der Waals surface area contributed by atoms with E-state index in [2.05, 4.69) is 30.9 Å². The van der Waals surface area contributed by atoms with E-state index in [-0.39, 0.29) is 10.7 Å². The molecule has 2 aromatic rings. The summed E-state index contributed by atoms with van der Waals surface area (Å²) in [7, 11) is 0. The Balaban J connectivity index is 2.54. The maximum absolute atomic E-state index is 5.54. The van der Waals surface area contributed by atoms with Gasteiger partial charge in [-0.1, -0.05) is 28.1 Å². The zero-order chi connectivity index (χ0) is 10.8. The molecule has 0 atom stereocenters. The standard InChI is InChI=1S/C9H7BrN4S/c10-6-3-1-5(2-4-6)7-12-8(11)14-9(15)13-7/h1-4H,(H3,11,12,13,14,15). The lowest BCUT2D eigenvalue weighted by Crippen LogP contribution is -1.99. The minimum Gasteiger partial charge on any atom is -0.369 e. The third-order valence-electron chi connectivity index (χ3n) is 1.79. The number of H-pyrrole nitrogens is 1. The number of nitrogen functional groups attached to an aromatic ring is 1. The predicted octanol–water partition coefficient (Wildman–Crippen LogP) is 2.55. The Bertz CT molecular complexity index is 535. The van der Waals surface area contributed by atoms with Gasteiger partial charge >= 0.3 is 0 Å². The number of anilines is 1. The SMILES string of the molecule is Nc1nc(=S)nc(-c2ccc(Br)cc2)[nH]1. The van der Waals surface area contributed by atoms with Crippen molar-refractivity contribution in [1.82, 2.24) is 15.0 Å². The molecular weight excluding hydrogens is 276 g/mol. The number of hydrogen-bond donors (Lipinski definition) is 2. The smallest absolute Gasteiger partial charge is 0.224 e. The molecule has 6 heteroatoms. The topological polar surface area (TPSA) is 67.6 Å². The van der Waals surface area contributed by atoms with E-state index in [0.29, 0.717) is 5.82 Å². The normalized spacial score (nSPS) is 10.2. The summed E-state index contributed by atoms with van der Waals surface area (Å²) in [4.78, 5) is 10.7. The van der Waals surface area contributed by atoms with Crippen LogP contribution in [0, 0.1) is 4.77 Å². The molecule has 3 N–H and O–H groups in total. The molecule has 0 fully saturated rings. The zero-order valence-electron chi connectivity index (χ0n) is 7.57. The van der Waals surface area contributed by atoms with Crippen LogP contribution in [0.4, 0.5) is 5.95 Å². The molecule has 15 heavy (non-hydrogen) atoms. The van der Waals surface area contributed by atoms with Crippen LogP contribution in [0.1, 0.15) is 0 Å². The van der Waals surface area contributed by atoms with Gasteiger partial charge < -0.3 is 10.7 Å². The Morgan fingerprint density at radius 3 is 2.47 bits per heavy atom. The van der Waals surface area contributed by atoms with Gasteiger partial charge in [-0.25, -0.2) is 4.98 Å². The van der Waals surface area contributed by atoms with Crippen LogP contribution in [0.5, 0.6) is 0 Å². The van der Waals surface area contributed by atoms with Crippen LogP contribution >= 0.6 is 28.1 Å². The Hall–Kier alpha value is -1.27. The van der Waals surface area contributed by atoms with Crippen molar-refractivity contribution in [2.45, 2.75) is 0 Å². The number of nitrogens with one attached hydrogen (secondary N) is 1. The van der Waals surface area contributed by atoms with Crippen molar-refractivity contribution in [3.05, 3.63) is 33.5 Å². The Morgan fingerprint density at radius 1 is 1.20 bits per heavy atom. The fourth-order valence-corrected chi connectivity index (χ4v) is 1.60. The number of halogens is 1. The minimum absolute atomic E-state index is 0.240. The maximum Gasteiger partial charge on any atom is 0.224 e. The second-order valence-corrected chi connectivity index (χ2v) is 4.15. The summed E-state index contributed by atoms with van der Waals surface area (Å²) in [6.45, 7) is 0. The van der Waals surface area contributed by atoms with E-state index in [0.717, 1.165) is 10.0 Å². The van der Waals surface area contributed by atoms with Gasteiger partial charge in [-0.3, -0.25) is 0 Å². The van der Waals surface area contributed by atoms with Gasteiger partial charge in [0, 0.05) is 10.0 Å². The van der Waals surface area contributed by atoms with Crippen molar-refractivity contribution in [3.63, 3.8) is 0 Å². The first-order chi connectivity index (χ1) is 7.15. The number of rotatable bonds is 1. The molecule has 0 aliphatic rings. The first-order valence-corrected chi connectivity index (χ1v) is 5.35. The third kappa shape index (κ3) is 2.40. The molecule has 1 aromatic heterocycles. The Morgan fingerprint density at radius 2 is 1.87 bits per heavy atom. The largest absolute Gasteiger partial charge is 0.369 e. The van der Waals surface area contributed by atoms with Crippen molar-refractivity contribution in [2.75, 3.05) is 5.73 Å². The fourth-order valence-electron chi connectivity index (χ4n) is 1.15. The molecular formula is C9H7BrN4S. The first kappa shape index (κ1) is 10.3. The third-order valence-corrected chi connectivity index (χ3v) is 2.50. The summed E-state index contributed by atoms with van der Waals surface area (Å²) in [5.74, 6) is 0.896. The maximum atomic E-state index is 5.54. The van der Waals surface area contributed by atoms with Crippen LogP contribution in [0.25, 0.3) is 11.4 Å². The van der Waals surface area contributed by atoms with Crippen molar-refractivity contribution in [1.29, 1.82) is 0 Å². The molecule has 2 rings (SSSR count). The van der Waals surface area contributed by atoms with Gasteiger partial charge in [0.15, 0.2) is 0 Å². The number of aromatic nitrogens is 3. The average Bonchev–Trinajstić information content (AvgIpc) is 2.17. The van der Waals surface area contributed by atoms with Crippen molar-refractivity contribution < 1.29 is 0 Å². The summed E-state index contributed by atoms with van der Waals surface area (Å²) in [5.41, 5.74) is 6.46. The predicted molar refractivity (Wildman–Crippen MR) is 64.8 cm³/mol. The van der Waals surface area contributed by atoms with E-state index in [1.165, 1.54) is 0 Å². The van der Waals surface area contributed by atoms with E-state index in [1.54, 1.807) is 0 Å². The molecule has 0 amide bonds. The Kier molecular flexibility index (Phi) is 2.79. The lowest BCUT2D eigenvalue weighted by Gasteiger charge is -2.01. The molecule has 0 saturated carbocycles. The van der Waals surface area contributed by atoms with Gasteiger partial charge in [0.1, 0.15) is 5.82 Å². The van der Waals surface area contributed by atoms with Gasteiger partial charge in [-0.15, -0.1) is 0 Å². The summed E-state index contributed by atoms with van der Waals surface area (Å²) >= 11 is 8.24. The minimum atomic E-state index is 0.240. The van der Waals surface area contributed by atoms with Gasteiger partial charge in [-0.05, 0) is 24.4 Å². The molecule has 0 aliphatic heterocycles. The van der Waals surface area contributed by atoms with E-state index < -0.39 is 0 Å². The zero-order valence-corrected chi connectivity index (χ0v) is 9.97. The van der Waals surface area contributed by atoms with Crippen LogP contribution in [0.3, 0.4) is 0 Å². The monoisotopic (exact) mass is 282 g/mol. The van der Waals surface area contributed by atoms with Gasteiger partial charge in [0.25, 0.3) is 0 Å². The van der Waals surface area contributed by atoms with Gasteiger partial charge in [0.05, 0.1) is 0 Å². The molecule has 0 aliphatic carbocycles. The second-order valence-electron chi connectivity index (χ2n) is 2.87. The lowest BCUT2D eigenvalue weighted by atomic mass is 10.2. The fraction of sp³-hybridized carbons (Fsp3) is 0. The summed E-state index contributed by atoms with van der Waals surface area (Å²) in [5, 5.41) is 0. The van der Waals surface area contributed by atoms with Crippen LogP contribution in [0.15, 0.2) is 28.7 Å². The van der Waals surface area contributed by atoms with E-state index in [1.807, 2.05) is 24.3 Å². The highest BCUT2D eigenvalue weighted by molar-refractivity contribution is 9.10. The summed E-state index contributed by atoms with van der Waals surface area (Å²) in [6.07, 6.45) is 0. The van der Waals surface area contributed by atoms with E-state index >= 15 is 0 Å². The molecule has 0 saturated heterocycles. The number of benzene rings is 1. The highest BCUT2D eigenvalue weighted by atomic mass is 79.9. The molecule has 76 valence electrons. The lowest BCUT2D eigenvalue weighted by molar-refractivity contribution is 1.05. The van der Waals surface area contributed by atoms with E-state index in [9.17, 15) is 0 Å². The molecule has 0 spiro atoms. The molecule has 1 aromatic carbocycles. The highest BCUT2D eigenvalue weighted by Crippen LogP contribution is 2.18. The van der Waals surface area contributed by atoms with Crippen LogP contribution in [0.2, 0.25) is 0 Å². The molecule has 0 radical (unpaired) electrons. The first-order valence-electron chi connectivity index (χ1n) is 4.15. The quantitative estimate of drug-likeness (QED) is 0.789. The number of aromatic amines is 1. The van der Waals surface area contributed by atoms with E-state index in [4.69, 9.17) is 18.0 Å². The van der Waals surface area contributed by atoms with Crippen molar-refractivity contribution >= 4 is 34.1 Å². The number of nitrogens with two attached hydrogens (primary N) is 1. The van der Waals surface area contributed by atoms with Gasteiger partial charge in [-0.2, -0.15) is 4.98 Å². The average molecular weight is 283 g/mol. The summed E-state index contributed by atoms with van der Waals surface area (Å²) in [6, 6.07) is 7.67. The molecule has 0 unspecified atom stereocenters. The summed E-state index contributed by atoms with van der Waals surface area (Å²) < 4.78 is 1.25. The van der Waals surface area contributed by atoms with Crippen LogP contribution in [-0.2, 0) is 0 Å². The van der Waals surface area contributed by atoms with Crippen molar-refractivity contribution in [3.8, 4) is 11.4 Å². The molecule has 1 heterocycles. The van der Waals surface area contributed by atoms with Crippen LogP contribution in [-0.4, -0.2) is 15.0 Å². The molecule has 0 bridgehead atoms. The van der Waals surface area contributed by atoms with Gasteiger partial charge in [0.2, 0.25) is 10.7 Å². The Labute approximate surface area is 99.7 Å². The number of hydrogen-bond acceptors (Lipinski definition) is 4. The molecule has 4 nitrogen and oxygen atoms in total. The number of nitrogens with zero attached hydrogens (tertiary/aromatic N) is 2. The van der Waals surface area contributed by atoms with Crippen molar-refractivity contribution in [2.24, 2.45) is 0 Å². The van der Waals surface area contributed by atoms with Crippen LogP contribution < -0.4 is 5.73 Å². The second kappa shape index (κ2) is 4.08.